The molecule has 0 aromatic heterocycles. The fourth-order valence-corrected chi connectivity index (χ4v) is 6.84. The molecule has 0 amide bonds. The topological polar surface area (TPSA) is 295 Å². The van der Waals surface area contributed by atoms with Crippen LogP contribution in [0, 0.1) is 15.3 Å². The van der Waals surface area contributed by atoms with Crippen LogP contribution in [-0.2, 0) is 30.4 Å². The van der Waals surface area contributed by atoms with Crippen molar-refractivity contribution in [2.24, 2.45) is 15.3 Å². The van der Waals surface area contributed by atoms with Crippen molar-refractivity contribution in [2.45, 2.75) is 14.7 Å². The van der Waals surface area contributed by atoms with Gasteiger partial charge in [0.25, 0.3) is 36.0 Å². The lowest BCUT2D eigenvalue weighted by atomic mass is 10.1. The molecule has 21 heteroatoms. The molecule has 0 bridgehead atoms. The van der Waals surface area contributed by atoms with Gasteiger partial charge in [0.15, 0.2) is 0 Å². The number of azo groups is 2. The van der Waals surface area contributed by atoms with Crippen LogP contribution in [0.25, 0.3) is 22.9 Å². The largest absolute Gasteiger partial charge is 0.594 e. The molecule has 5 N–H and O–H groups in total. The van der Waals surface area contributed by atoms with E-state index in [1.807, 2.05) is 0 Å². The minimum Gasteiger partial charge on any atom is -0.594 e. The van der Waals surface area contributed by atoms with Crippen LogP contribution in [0.1, 0.15) is 11.1 Å². The number of nitrogens with zero attached hydrogens (tertiary/aromatic N) is 5. The second kappa shape index (κ2) is 13.7. The highest BCUT2D eigenvalue weighted by Gasteiger charge is 2.21. The van der Waals surface area contributed by atoms with Crippen LogP contribution in [0.3, 0.4) is 0 Å². The van der Waals surface area contributed by atoms with Crippen LogP contribution >= 0.6 is 0 Å². The van der Waals surface area contributed by atoms with E-state index in [4.69, 9.17) is 5.73 Å². The number of rotatable bonds is 10. The predicted molar refractivity (Wildman–Crippen MR) is 182 cm³/mol. The van der Waals surface area contributed by atoms with Crippen LogP contribution in [0.15, 0.2) is 121 Å². The summed E-state index contributed by atoms with van der Waals surface area (Å²) < 4.78 is 100. The molecular weight excluding hydrogens is 733 g/mol. The van der Waals surface area contributed by atoms with E-state index in [0.717, 1.165) is 36.4 Å². The Morgan fingerprint density at radius 1 is 0.608 bits per heavy atom. The van der Waals surface area contributed by atoms with Crippen molar-refractivity contribution in [1.82, 2.24) is 0 Å². The zero-order valence-electron chi connectivity index (χ0n) is 25.4. The number of nitro benzene ring substituents is 1. The lowest BCUT2D eigenvalue weighted by Crippen LogP contribution is -2.03. The molecule has 0 saturated heterocycles. The molecule has 18 nitrogen and oxygen atoms in total. The van der Waals surface area contributed by atoms with Crippen LogP contribution in [-0.4, -0.2) is 48.7 Å². The van der Waals surface area contributed by atoms with E-state index in [2.05, 4.69) is 15.3 Å². The summed E-state index contributed by atoms with van der Waals surface area (Å²) in [4.78, 5) is 8.39. The van der Waals surface area contributed by atoms with Gasteiger partial charge >= 0.3 is 0 Å². The predicted octanol–water partition coefficient (Wildman–Crippen LogP) is 6.58. The smallest absolute Gasteiger partial charge is 0.295 e. The van der Waals surface area contributed by atoms with E-state index in [0.29, 0.717) is 11.5 Å². The van der Waals surface area contributed by atoms with Gasteiger partial charge < -0.3 is 10.9 Å². The quantitative estimate of drug-likeness (QED) is 0.0223. The molecule has 51 heavy (non-hydrogen) atoms. The minimum absolute atomic E-state index is 0.0271. The number of anilines is 1. The van der Waals surface area contributed by atoms with Crippen molar-refractivity contribution in [3.63, 3.8) is 0 Å². The first kappa shape index (κ1) is 36.3. The fraction of sp³-hybridized carbons (Fsp3) is 0. The van der Waals surface area contributed by atoms with Crippen LogP contribution in [0.2, 0.25) is 0 Å². The van der Waals surface area contributed by atoms with Gasteiger partial charge in [-0.1, -0.05) is 47.3 Å². The number of hydrogen-bond acceptors (Lipinski definition) is 13. The molecular formula is C30H22N6O12S3. The molecule has 0 aliphatic carbocycles. The van der Waals surface area contributed by atoms with Crippen LogP contribution in [0.4, 0.5) is 34.1 Å². The lowest BCUT2D eigenvalue weighted by Gasteiger charge is -2.07. The normalized spacial score (nSPS) is 13.0. The van der Waals surface area contributed by atoms with E-state index in [9.17, 15) is 54.2 Å². The van der Waals surface area contributed by atoms with Gasteiger partial charge in [0.1, 0.15) is 26.1 Å². The fourth-order valence-electron chi connectivity index (χ4n) is 4.72. The molecule has 5 aromatic carbocycles. The zero-order chi connectivity index (χ0) is 37.3. The van der Waals surface area contributed by atoms with E-state index < -0.39 is 50.8 Å². The number of fused-ring (bicyclic) bond motifs is 1. The Morgan fingerprint density at radius 3 is 1.76 bits per heavy atom. The molecule has 0 aliphatic rings. The molecule has 0 saturated carbocycles. The van der Waals surface area contributed by atoms with Gasteiger partial charge in [0.05, 0.1) is 16.3 Å². The van der Waals surface area contributed by atoms with Gasteiger partial charge in [0, 0.05) is 40.2 Å². The summed E-state index contributed by atoms with van der Waals surface area (Å²) in [6.07, 6.45) is 2.09. The van der Waals surface area contributed by atoms with Crippen molar-refractivity contribution < 1.29 is 48.7 Å². The Balaban J connectivity index is 1.43. The monoisotopic (exact) mass is 754 g/mol. The first-order valence-corrected chi connectivity index (χ1v) is 18.2. The Morgan fingerprint density at radius 2 is 1.16 bits per heavy atom. The zero-order valence-corrected chi connectivity index (χ0v) is 27.8. The summed E-state index contributed by atoms with van der Waals surface area (Å²) in [5.41, 5.74) is 4.97. The Labute approximate surface area is 288 Å². The molecule has 0 fully saturated rings. The van der Waals surface area contributed by atoms with Crippen molar-refractivity contribution in [2.75, 3.05) is 5.73 Å². The number of hydrogen-bond donors (Lipinski definition) is 4. The van der Waals surface area contributed by atoms with Gasteiger partial charge in [-0.25, -0.2) is 0 Å². The Hall–Kier alpha value is -5.97. The first-order valence-electron chi connectivity index (χ1n) is 13.9. The van der Waals surface area contributed by atoms with Crippen molar-refractivity contribution in [1.29, 1.82) is 0 Å². The summed E-state index contributed by atoms with van der Waals surface area (Å²) in [7, 11) is -14.4. The third-order valence-corrected chi connectivity index (χ3v) is 9.77. The van der Waals surface area contributed by atoms with Gasteiger partial charge in [-0.2, -0.15) is 25.3 Å². The maximum Gasteiger partial charge on any atom is 0.295 e. The standard InChI is InChI=1S/C30H22N6O12S3/c31-25-16-21(13-14-27(25)33-32-26-5-1-4-24-23(26)3-2-6-28(24)49(40,41)42)35(37)34-20-11-9-18(29(15-20)50(43,44)45)7-8-19-10-12-22(36(38)39)17-30(19)51(46,47)48/h1-17H,31H2,(H,40,41,42)(H,43,44,45)(H,46,47,48)/b8-7+,33-32?,35-34?. The highest BCUT2D eigenvalue weighted by atomic mass is 32.2. The maximum absolute atomic E-state index is 12.9. The van der Waals surface area contributed by atoms with Gasteiger partial charge in [-0.15, -0.1) is 10.2 Å². The van der Waals surface area contributed by atoms with Gasteiger partial charge in [0.2, 0.25) is 5.69 Å². The molecule has 262 valence electrons. The minimum atomic E-state index is -4.96. The second-order valence-corrected chi connectivity index (χ2v) is 14.6. The molecule has 0 heterocycles. The second-order valence-electron chi connectivity index (χ2n) is 10.4. The third kappa shape index (κ3) is 8.26. The summed E-state index contributed by atoms with van der Waals surface area (Å²) in [5, 5.41) is 36.5. The van der Waals surface area contributed by atoms with E-state index in [1.54, 1.807) is 12.1 Å². The van der Waals surface area contributed by atoms with E-state index in [1.165, 1.54) is 48.5 Å². The van der Waals surface area contributed by atoms with Crippen LogP contribution < -0.4 is 5.73 Å². The maximum atomic E-state index is 12.9. The van der Waals surface area contributed by atoms with Crippen molar-refractivity contribution in [3.05, 3.63) is 117 Å². The molecule has 0 unspecified atom stereocenters. The molecule has 0 aliphatic heterocycles. The lowest BCUT2D eigenvalue weighted by molar-refractivity contribution is -0.435. The van der Waals surface area contributed by atoms with Gasteiger partial charge in [-0.3, -0.25) is 23.8 Å². The SMILES string of the molecule is Nc1cc([N+]([O-])=Nc2ccc(/C=C/c3ccc([N+](=O)[O-])cc3S(=O)(=O)O)c(S(=O)(=O)O)c2)ccc1N=Nc1cccc2c(S(=O)(=O)O)cccc12. The number of non-ortho nitro benzene ring substituents is 1. The Bertz CT molecular complexity index is 2680. The number of nitrogens with two attached hydrogens (primary N) is 1. The average Bonchev–Trinajstić information content (AvgIpc) is 3.05. The highest BCUT2D eigenvalue weighted by molar-refractivity contribution is 7.86. The van der Waals surface area contributed by atoms with E-state index >= 15 is 0 Å². The van der Waals surface area contributed by atoms with Crippen LogP contribution in [0.5, 0.6) is 0 Å². The van der Waals surface area contributed by atoms with E-state index in [-0.39, 0.29) is 54.7 Å². The molecule has 5 rings (SSSR count). The number of benzene rings is 5. The number of nitro groups is 1. The molecule has 0 atom stereocenters. The highest BCUT2D eigenvalue weighted by Crippen LogP contribution is 2.34. The first-order chi connectivity index (χ1) is 23.8. The number of nitrogen functional groups attached to an aromatic ring is 1. The molecule has 0 spiro atoms. The molecule has 0 radical (unpaired) electrons. The van der Waals surface area contributed by atoms with Crippen molar-refractivity contribution >= 4 is 87.4 Å². The van der Waals surface area contributed by atoms with Gasteiger partial charge in [-0.05, 0) is 47.5 Å². The summed E-state index contributed by atoms with van der Waals surface area (Å²) in [6.45, 7) is 0. The summed E-state index contributed by atoms with van der Waals surface area (Å²) >= 11 is 0. The van der Waals surface area contributed by atoms with Crippen molar-refractivity contribution in [3.8, 4) is 0 Å². The molecule has 5 aromatic rings. The average molecular weight is 755 g/mol. The third-order valence-electron chi connectivity index (χ3n) is 7.04. The summed E-state index contributed by atoms with van der Waals surface area (Å²) in [5.74, 6) is 0. The summed E-state index contributed by atoms with van der Waals surface area (Å²) in [6, 6.07) is 18.4. The Kier molecular flexibility index (Phi) is 9.78.